The molecular formula is C22H27N5O2S2. The molecule has 2 heterocycles. The highest BCUT2D eigenvalue weighted by Crippen LogP contribution is 2.28. The van der Waals surface area contributed by atoms with Gasteiger partial charge in [0.1, 0.15) is 11.5 Å². The van der Waals surface area contributed by atoms with Gasteiger partial charge in [-0.15, -0.1) is 5.10 Å². The van der Waals surface area contributed by atoms with Crippen molar-refractivity contribution in [2.75, 3.05) is 50.6 Å². The van der Waals surface area contributed by atoms with Crippen molar-refractivity contribution in [3.63, 3.8) is 0 Å². The molecule has 0 aliphatic carbocycles. The zero-order chi connectivity index (χ0) is 21.6. The predicted octanol–water partition coefficient (Wildman–Crippen LogP) is 4.60. The van der Waals surface area contributed by atoms with Gasteiger partial charge in [0.2, 0.25) is 5.13 Å². The summed E-state index contributed by atoms with van der Waals surface area (Å²) in [5, 5.41) is 8.79. The van der Waals surface area contributed by atoms with Gasteiger partial charge >= 0.3 is 0 Å². The first kappa shape index (κ1) is 21.6. The van der Waals surface area contributed by atoms with E-state index in [1.807, 2.05) is 41.1 Å². The maximum Gasteiger partial charge on any atom is 0.209 e. The summed E-state index contributed by atoms with van der Waals surface area (Å²) >= 11 is 7.05. The number of rotatable bonds is 7. The second kappa shape index (κ2) is 10.1. The number of aromatic nitrogens is 2. The fourth-order valence-corrected chi connectivity index (χ4v) is 4.67. The van der Waals surface area contributed by atoms with Gasteiger partial charge in [-0.1, -0.05) is 23.5 Å². The molecule has 2 aromatic carbocycles. The fourth-order valence-electron chi connectivity index (χ4n) is 3.66. The molecular weight excluding hydrogens is 430 g/mol. The van der Waals surface area contributed by atoms with Crippen molar-refractivity contribution in [1.29, 1.82) is 0 Å². The fraction of sp³-hybridized carbons (Fsp3) is 0.364. The van der Waals surface area contributed by atoms with E-state index in [-0.39, 0.29) is 0 Å². The average molecular weight is 458 g/mol. The molecule has 7 nitrogen and oxygen atoms in total. The third-order valence-electron chi connectivity index (χ3n) is 5.31. The van der Waals surface area contributed by atoms with Gasteiger partial charge in [0, 0.05) is 31.9 Å². The highest BCUT2D eigenvalue weighted by Gasteiger charge is 2.17. The van der Waals surface area contributed by atoms with Gasteiger partial charge in [0.05, 0.1) is 26.6 Å². The number of nitrogens with zero attached hydrogens (tertiary/aromatic N) is 4. The van der Waals surface area contributed by atoms with Crippen LogP contribution >= 0.6 is 23.6 Å². The van der Waals surface area contributed by atoms with Gasteiger partial charge in [-0.3, -0.25) is 4.90 Å². The minimum atomic E-state index is 0.694. The highest BCUT2D eigenvalue weighted by atomic mass is 32.1. The zero-order valence-corrected chi connectivity index (χ0v) is 19.4. The molecule has 0 saturated carbocycles. The Bertz CT molecular complexity index is 1050. The lowest BCUT2D eigenvalue weighted by atomic mass is 10.2. The number of anilines is 3. The quantitative estimate of drug-likeness (QED) is 0.520. The zero-order valence-electron chi connectivity index (χ0n) is 17.8. The number of benzene rings is 2. The van der Waals surface area contributed by atoms with E-state index in [0.29, 0.717) is 6.67 Å². The van der Waals surface area contributed by atoms with Crippen LogP contribution in [0.3, 0.4) is 0 Å². The van der Waals surface area contributed by atoms with Crippen LogP contribution in [0.5, 0.6) is 11.5 Å². The lowest BCUT2D eigenvalue weighted by Gasteiger charge is -2.23. The maximum atomic E-state index is 5.57. The van der Waals surface area contributed by atoms with Crippen LogP contribution in [-0.4, -0.2) is 55.1 Å². The largest absolute Gasteiger partial charge is 0.497 e. The molecule has 0 radical (unpaired) electrons. The molecule has 0 atom stereocenters. The summed E-state index contributed by atoms with van der Waals surface area (Å²) < 4.78 is 13.3. The Morgan fingerprint density at radius 1 is 1.00 bits per heavy atom. The molecule has 1 aromatic heterocycles. The summed E-state index contributed by atoms with van der Waals surface area (Å²) in [5.41, 5.74) is 2.11. The average Bonchev–Trinajstić information content (AvgIpc) is 2.99. The van der Waals surface area contributed by atoms with Crippen LogP contribution in [0.1, 0.15) is 6.42 Å². The standard InChI is InChI=1S/C22H27N5O2S2/c1-28-18-10-8-17(9-11-18)26-13-5-12-25(14-15-26)16-27-22(30)31-21(24-27)23-19-6-3-4-7-20(19)29-2/h3-4,6-11H,5,12-16H2,1-2H3,(H,23,24). The van der Waals surface area contributed by atoms with Crippen molar-refractivity contribution in [3.8, 4) is 11.5 Å². The van der Waals surface area contributed by atoms with Crippen LogP contribution in [0, 0.1) is 3.95 Å². The Morgan fingerprint density at radius 2 is 1.81 bits per heavy atom. The number of para-hydroxylation sites is 2. The Labute approximate surface area is 191 Å². The Kier molecular flexibility index (Phi) is 7.06. The third kappa shape index (κ3) is 5.36. The van der Waals surface area contributed by atoms with Crippen LogP contribution < -0.4 is 19.7 Å². The van der Waals surface area contributed by atoms with E-state index in [1.165, 1.54) is 17.0 Å². The van der Waals surface area contributed by atoms with Crippen molar-refractivity contribution < 1.29 is 9.47 Å². The lowest BCUT2D eigenvalue weighted by Crippen LogP contribution is -2.32. The normalized spacial score (nSPS) is 14.8. The second-order valence-corrected chi connectivity index (χ2v) is 8.92. The van der Waals surface area contributed by atoms with Gasteiger partial charge in [-0.2, -0.15) is 0 Å². The molecule has 0 amide bonds. The van der Waals surface area contributed by atoms with Crippen molar-refractivity contribution in [2.45, 2.75) is 13.1 Å². The van der Waals surface area contributed by atoms with E-state index < -0.39 is 0 Å². The van der Waals surface area contributed by atoms with E-state index >= 15 is 0 Å². The predicted molar refractivity (Wildman–Crippen MR) is 129 cm³/mol. The first-order valence-electron chi connectivity index (χ1n) is 10.3. The number of nitrogens with one attached hydrogen (secondary N) is 1. The van der Waals surface area contributed by atoms with Gasteiger partial charge in [-0.05, 0) is 55.0 Å². The summed E-state index contributed by atoms with van der Waals surface area (Å²) in [6.07, 6.45) is 1.09. The van der Waals surface area contributed by atoms with Crippen molar-refractivity contribution in [3.05, 3.63) is 52.5 Å². The number of hydrogen-bond donors (Lipinski definition) is 1. The highest BCUT2D eigenvalue weighted by molar-refractivity contribution is 7.73. The van der Waals surface area contributed by atoms with Crippen molar-refractivity contribution in [1.82, 2.24) is 14.7 Å². The van der Waals surface area contributed by atoms with Crippen molar-refractivity contribution >= 4 is 40.1 Å². The molecule has 164 valence electrons. The molecule has 1 saturated heterocycles. The summed E-state index contributed by atoms with van der Waals surface area (Å²) in [7, 11) is 3.36. The lowest BCUT2D eigenvalue weighted by molar-refractivity contribution is 0.221. The number of methoxy groups -OCH3 is 2. The summed E-state index contributed by atoms with van der Waals surface area (Å²) in [6.45, 7) is 4.67. The molecule has 0 unspecified atom stereocenters. The van der Waals surface area contributed by atoms with Crippen LogP contribution in [0.2, 0.25) is 0 Å². The third-order valence-corrected chi connectivity index (χ3v) is 6.54. The number of ether oxygens (including phenoxy) is 2. The molecule has 0 spiro atoms. The second-order valence-electron chi connectivity index (χ2n) is 7.30. The minimum absolute atomic E-state index is 0.694. The molecule has 9 heteroatoms. The SMILES string of the molecule is COc1ccc(N2CCCN(Cn3nc(Nc4ccccc4OC)sc3=S)CC2)cc1. The van der Waals surface area contributed by atoms with Gasteiger partial charge in [-0.25, -0.2) is 4.68 Å². The molecule has 1 fully saturated rings. The van der Waals surface area contributed by atoms with Gasteiger partial charge in [0.25, 0.3) is 0 Å². The van der Waals surface area contributed by atoms with Crippen LogP contribution in [0.25, 0.3) is 0 Å². The molecule has 31 heavy (non-hydrogen) atoms. The minimum Gasteiger partial charge on any atom is -0.497 e. The molecule has 3 aromatic rings. The molecule has 1 aliphatic heterocycles. The summed E-state index contributed by atoms with van der Waals surface area (Å²) in [5.74, 6) is 1.66. The Balaban J connectivity index is 1.38. The maximum absolute atomic E-state index is 5.57. The Morgan fingerprint density at radius 3 is 2.58 bits per heavy atom. The summed E-state index contributed by atoms with van der Waals surface area (Å²) in [4.78, 5) is 4.83. The van der Waals surface area contributed by atoms with Gasteiger partial charge < -0.3 is 19.7 Å². The smallest absolute Gasteiger partial charge is 0.209 e. The first-order valence-corrected chi connectivity index (χ1v) is 11.5. The molecule has 1 N–H and O–H groups in total. The Hall–Kier alpha value is -2.62. The molecule has 1 aliphatic rings. The van der Waals surface area contributed by atoms with Gasteiger partial charge in [0.15, 0.2) is 3.95 Å². The van der Waals surface area contributed by atoms with Crippen LogP contribution in [-0.2, 0) is 6.67 Å². The van der Waals surface area contributed by atoms with Crippen molar-refractivity contribution in [2.24, 2.45) is 0 Å². The molecule has 4 rings (SSSR count). The summed E-state index contributed by atoms with van der Waals surface area (Å²) in [6, 6.07) is 16.1. The van der Waals surface area contributed by atoms with E-state index in [0.717, 1.165) is 58.9 Å². The monoisotopic (exact) mass is 457 g/mol. The van der Waals surface area contributed by atoms with Crippen LogP contribution in [0.15, 0.2) is 48.5 Å². The van der Waals surface area contributed by atoms with Crippen LogP contribution in [0.4, 0.5) is 16.5 Å². The van der Waals surface area contributed by atoms with E-state index in [1.54, 1.807) is 14.2 Å². The van der Waals surface area contributed by atoms with E-state index in [9.17, 15) is 0 Å². The molecule has 0 bridgehead atoms. The first-order chi connectivity index (χ1) is 15.2. The van der Waals surface area contributed by atoms with E-state index in [2.05, 4.69) is 27.2 Å². The van der Waals surface area contributed by atoms with E-state index in [4.69, 9.17) is 26.8 Å². The topological polar surface area (TPSA) is 54.8 Å². The number of hydrogen-bond acceptors (Lipinski definition) is 8.